The highest BCUT2D eigenvalue weighted by molar-refractivity contribution is 5.94. The molecule has 1 aromatic carbocycles. The fraction of sp³-hybridized carbons (Fsp3) is 0.600. The number of ether oxygens (including phenoxy) is 1. The Bertz CT molecular complexity index is 667. The van der Waals surface area contributed by atoms with Crippen molar-refractivity contribution in [2.24, 2.45) is 5.92 Å². The number of likely N-dealkylation sites (tertiary alicyclic amines) is 1. The van der Waals surface area contributed by atoms with Gasteiger partial charge in [0.2, 0.25) is 5.91 Å². The van der Waals surface area contributed by atoms with E-state index in [4.69, 9.17) is 0 Å². The van der Waals surface area contributed by atoms with Crippen LogP contribution in [0, 0.1) is 5.92 Å². The number of nitrogens with one attached hydrogen (secondary N) is 1. The molecule has 1 aromatic rings. The summed E-state index contributed by atoms with van der Waals surface area (Å²) in [4.78, 5) is 26.8. The SMILES string of the molecule is O=C(NC1CCC(C(=O)N2CCC(O)CC2)CC1)c1ccc(OC(F)F)cc1. The molecule has 0 radical (unpaired) electrons. The molecule has 6 nitrogen and oxygen atoms in total. The highest BCUT2D eigenvalue weighted by Gasteiger charge is 2.31. The molecule has 1 aliphatic heterocycles. The van der Waals surface area contributed by atoms with Crippen molar-refractivity contribution in [1.82, 2.24) is 10.2 Å². The van der Waals surface area contributed by atoms with Crippen molar-refractivity contribution in [3.05, 3.63) is 29.8 Å². The van der Waals surface area contributed by atoms with E-state index in [1.54, 1.807) is 0 Å². The van der Waals surface area contributed by atoms with Crippen molar-refractivity contribution >= 4 is 11.8 Å². The van der Waals surface area contributed by atoms with Crippen molar-refractivity contribution in [2.75, 3.05) is 13.1 Å². The molecule has 2 amide bonds. The number of hydrogen-bond acceptors (Lipinski definition) is 4. The van der Waals surface area contributed by atoms with Gasteiger partial charge >= 0.3 is 6.61 Å². The molecule has 1 aliphatic carbocycles. The van der Waals surface area contributed by atoms with Gasteiger partial charge in [-0.05, 0) is 62.8 Å². The molecule has 2 aliphatic rings. The summed E-state index contributed by atoms with van der Waals surface area (Å²) in [5.74, 6) is -0.111. The molecule has 28 heavy (non-hydrogen) atoms. The summed E-state index contributed by atoms with van der Waals surface area (Å²) >= 11 is 0. The standard InChI is InChI=1S/C20H26F2N2O4/c21-20(22)28-17-7-3-13(4-8-17)18(26)23-15-5-1-14(2-6-15)19(27)24-11-9-16(25)10-12-24/h3-4,7-8,14-16,20,25H,1-2,5-6,9-12H2,(H,23,26). The Hall–Kier alpha value is -2.22. The number of carbonyl (C=O) groups excluding carboxylic acids is 2. The fourth-order valence-electron chi connectivity index (χ4n) is 3.89. The average Bonchev–Trinajstić information content (AvgIpc) is 2.69. The predicted molar refractivity (Wildman–Crippen MR) is 98.1 cm³/mol. The molecule has 0 aromatic heterocycles. The van der Waals surface area contributed by atoms with Crippen LogP contribution in [-0.4, -0.2) is 53.7 Å². The second kappa shape index (κ2) is 9.32. The van der Waals surface area contributed by atoms with E-state index in [9.17, 15) is 23.5 Å². The van der Waals surface area contributed by atoms with E-state index in [1.807, 2.05) is 4.90 Å². The summed E-state index contributed by atoms with van der Waals surface area (Å²) in [6.45, 7) is -1.67. The van der Waals surface area contributed by atoms with E-state index in [-0.39, 0.29) is 35.6 Å². The van der Waals surface area contributed by atoms with Crippen LogP contribution in [0.25, 0.3) is 0 Å². The molecule has 0 atom stereocenters. The number of rotatable bonds is 5. The summed E-state index contributed by atoms with van der Waals surface area (Å²) in [5.41, 5.74) is 0.381. The van der Waals surface area contributed by atoms with Crippen molar-refractivity contribution in [2.45, 2.75) is 57.3 Å². The third-order valence-electron chi connectivity index (χ3n) is 5.53. The topological polar surface area (TPSA) is 78.9 Å². The Kier molecular flexibility index (Phi) is 6.83. The van der Waals surface area contributed by atoms with Gasteiger partial charge in [0, 0.05) is 30.6 Å². The van der Waals surface area contributed by atoms with E-state index < -0.39 is 6.61 Å². The van der Waals surface area contributed by atoms with Gasteiger partial charge in [0.05, 0.1) is 6.10 Å². The minimum Gasteiger partial charge on any atom is -0.435 e. The van der Waals surface area contributed by atoms with Gasteiger partial charge in [-0.3, -0.25) is 9.59 Å². The van der Waals surface area contributed by atoms with E-state index in [0.29, 0.717) is 31.5 Å². The van der Waals surface area contributed by atoms with E-state index in [2.05, 4.69) is 10.1 Å². The molecule has 0 bridgehead atoms. The Morgan fingerprint density at radius 2 is 1.64 bits per heavy atom. The Labute approximate surface area is 162 Å². The van der Waals surface area contributed by atoms with Gasteiger partial charge in [0.1, 0.15) is 5.75 Å². The molecule has 0 unspecified atom stereocenters. The molecule has 1 saturated heterocycles. The lowest BCUT2D eigenvalue weighted by atomic mass is 9.84. The van der Waals surface area contributed by atoms with Crippen LogP contribution in [-0.2, 0) is 4.79 Å². The molecular formula is C20H26F2N2O4. The zero-order valence-electron chi connectivity index (χ0n) is 15.7. The smallest absolute Gasteiger partial charge is 0.387 e. The Morgan fingerprint density at radius 1 is 1.04 bits per heavy atom. The highest BCUT2D eigenvalue weighted by atomic mass is 19.3. The largest absolute Gasteiger partial charge is 0.435 e. The molecule has 154 valence electrons. The van der Waals surface area contributed by atoms with Crippen molar-refractivity contribution in [3.8, 4) is 5.75 Å². The van der Waals surface area contributed by atoms with Gasteiger partial charge in [0.15, 0.2) is 0 Å². The van der Waals surface area contributed by atoms with Crippen molar-refractivity contribution in [1.29, 1.82) is 0 Å². The number of aliphatic hydroxyl groups excluding tert-OH is 1. The van der Waals surface area contributed by atoms with Gasteiger partial charge in [-0.2, -0.15) is 8.78 Å². The van der Waals surface area contributed by atoms with E-state index in [0.717, 1.165) is 25.7 Å². The van der Waals surface area contributed by atoms with Crippen LogP contribution in [0.1, 0.15) is 48.9 Å². The zero-order chi connectivity index (χ0) is 20.1. The van der Waals surface area contributed by atoms with Crippen LogP contribution in [0.15, 0.2) is 24.3 Å². The molecular weight excluding hydrogens is 370 g/mol. The van der Waals surface area contributed by atoms with Gasteiger partial charge < -0.3 is 20.1 Å². The van der Waals surface area contributed by atoms with Crippen LogP contribution < -0.4 is 10.1 Å². The fourth-order valence-corrected chi connectivity index (χ4v) is 3.89. The van der Waals surface area contributed by atoms with Crippen molar-refractivity contribution < 1.29 is 28.2 Å². The monoisotopic (exact) mass is 396 g/mol. The quantitative estimate of drug-likeness (QED) is 0.802. The number of alkyl halides is 2. The number of benzene rings is 1. The van der Waals surface area contributed by atoms with Crippen LogP contribution in [0.2, 0.25) is 0 Å². The molecule has 2 N–H and O–H groups in total. The van der Waals surface area contributed by atoms with Gasteiger partial charge in [-0.25, -0.2) is 0 Å². The van der Waals surface area contributed by atoms with Gasteiger partial charge in [0.25, 0.3) is 5.91 Å². The van der Waals surface area contributed by atoms with Crippen LogP contribution in [0.5, 0.6) is 5.75 Å². The number of halogens is 2. The normalized spacial score (nSPS) is 23.5. The maximum absolute atomic E-state index is 12.6. The minimum atomic E-state index is -2.90. The maximum atomic E-state index is 12.6. The van der Waals surface area contributed by atoms with Crippen LogP contribution >= 0.6 is 0 Å². The number of nitrogens with zero attached hydrogens (tertiary/aromatic N) is 1. The Balaban J connectivity index is 1.44. The second-order valence-corrected chi connectivity index (χ2v) is 7.48. The first-order chi connectivity index (χ1) is 13.4. The number of amides is 2. The van der Waals surface area contributed by atoms with Crippen LogP contribution in [0.4, 0.5) is 8.78 Å². The average molecular weight is 396 g/mol. The number of carbonyl (C=O) groups is 2. The number of aliphatic hydroxyl groups is 1. The Morgan fingerprint density at radius 3 is 2.21 bits per heavy atom. The number of hydrogen-bond donors (Lipinski definition) is 2. The maximum Gasteiger partial charge on any atom is 0.387 e. The molecule has 2 fully saturated rings. The number of piperidine rings is 1. The summed E-state index contributed by atoms with van der Waals surface area (Å²) < 4.78 is 28.6. The molecule has 1 heterocycles. The van der Waals surface area contributed by atoms with Gasteiger partial charge in [-0.15, -0.1) is 0 Å². The van der Waals surface area contributed by atoms with Crippen LogP contribution in [0.3, 0.4) is 0 Å². The van der Waals surface area contributed by atoms with Crippen molar-refractivity contribution in [3.63, 3.8) is 0 Å². The van der Waals surface area contributed by atoms with E-state index in [1.165, 1.54) is 24.3 Å². The lowest BCUT2D eigenvalue weighted by Crippen LogP contribution is -2.45. The molecule has 3 rings (SSSR count). The summed E-state index contributed by atoms with van der Waals surface area (Å²) in [6.07, 6.45) is 3.88. The predicted octanol–water partition coefficient (Wildman–Crippen LogP) is 2.56. The van der Waals surface area contributed by atoms with E-state index >= 15 is 0 Å². The third-order valence-corrected chi connectivity index (χ3v) is 5.53. The zero-order valence-corrected chi connectivity index (χ0v) is 15.7. The highest BCUT2D eigenvalue weighted by Crippen LogP contribution is 2.27. The first kappa shape index (κ1) is 20.5. The molecule has 1 saturated carbocycles. The summed E-state index contributed by atoms with van der Waals surface area (Å²) in [6, 6.07) is 5.58. The molecule has 8 heteroatoms. The first-order valence-electron chi connectivity index (χ1n) is 9.75. The molecule has 0 spiro atoms. The first-order valence-corrected chi connectivity index (χ1v) is 9.75. The minimum absolute atomic E-state index is 0.00304. The third kappa shape index (κ3) is 5.41. The summed E-state index contributed by atoms with van der Waals surface area (Å²) in [7, 11) is 0. The lowest BCUT2D eigenvalue weighted by molar-refractivity contribution is -0.138. The summed E-state index contributed by atoms with van der Waals surface area (Å²) in [5, 5.41) is 12.5. The second-order valence-electron chi connectivity index (χ2n) is 7.48. The van der Waals surface area contributed by atoms with Gasteiger partial charge in [-0.1, -0.05) is 0 Å². The lowest BCUT2D eigenvalue weighted by Gasteiger charge is -2.35.